The Kier molecular flexibility index (Phi) is 8.85. The van der Waals surface area contributed by atoms with Crippen molar-refractivity contribution >= 4 is 38.7 Å². The molecule has 0 aliphatic heterocycles. The third kappa shape index (κ3) is 6.81. The van der Waals surface area contributed by atoms with Gasteiger partial charge >= 0.3 is 5.97 Å². The summed E-state index contributed by atoms with van der Waals surface area (Å²) in [5.41, 5.74) is 9.09. The van der Waals surface area contributed by atoms with Crippen molar-refractivity contribution in [2.75, 3.05) is 0 Å². The predicted octanol–water partition coefficient (Wildman–Crippen LogP) is 9.49. The molecule has 0 aliphatic carbocycles. The molecule has 5 rings (SSSR count). The van der Waals surface area contributed by atoms with Crippen LogP contribution in [0, 0.1) is 20.8 Å². The summed E-state index contributed by atoms with van der Waals surface area (Å²) in [4.78, 5) is 26.2. The van der Waals surface area contributed by atoms with Crippen LogP contribution in [0.2, 0.25) is 0 Å². The summed E-state index contributed by atoms with van der Waals surface area (Å²) in [6, 6.07) is 28.1. The van der Waals surface area contributed by atoms with Crippen molar-refractivity contribution in [1.82, 2.24) is 9.88 Å². The first-order valence-corrected chi connectivity index (χ1v) is 15.7. The van der Waals surface area contributed by atoms with Crippen LogP contribution in [0.5, 0.6) is 0 Å². The van der Waals surface area contributed by atoms with Crippen LogP contribution in [0.3, 0.4) is 0 Å². The maximum atomic E-state index is 13.2. The predicted molar refractivity (Wildman–Crippen MR) is 182 cm³/mol. The van der Waals surface area contributed by atoms with Crippen LogP contribution in [0.15, 0.2) is 89.4 Å². The van der Waals surface area contributed by atoms with E-state index in [9.17, 15) is 9.59 Å². The number of ether oxygens (including phenoxy) is 1. The number of nitrogens with one attached hydrogen (secondary N) is 1. The number of hydrogen-bond acceptors (Lipinski definition) is 3. The second-order valence-electron chi connectivity index (χ2n) is 12.5. The quantitative estimate of drug-likeness (QED) is 0.178. The van der Waals surface area contributed by atoms with Gasteiger partial charge in [-0.15, -0.1) is 0 Å². The summed E-state index contributed by atoms with van der Waals surface area (Å²) in [5.74, 6) is -0.412. The van der Waals surface area contributed by atoms with Crippen LogP contribution in [0.4, 0.5) is 0 Å². The third-order valence-corrected chi connectivity index (χ3v) is 8.55. The maximum Gasteiger partial charge on any atom is 0.339 e. The van der Waals surface area contributed by atoms with E-state index in [2.05, 4.69) is 63.9 Å². The van der Waals surface area contributed by atoms with Gasteiger partial charge in [-0.25, -0.2) is 4.79 Å². The van der Waals surface area contributed by atoms with Crippen molar-refractivity contribution in [2.24, 2.45) is 0 Å². The zero-order valence-corrected chi connectivity index (χ0v) is 28.0. The number of esters is 1. The van der Waals surface area contributed by atoms with Crippen molar-refractivity contribution in [3.63, 3.8) is 0 Å². The van der Waals surface area contributed by atoms with E-state index >= 15 is 0 Å². The second kappa shape index (κ2) is 12.4. The van der Waals surface area contributed by atoms with Crippen LogP contribution in [0.1, 0.15) is 82.4 Å². The Morgan fingerprint density at radius 2 is 1.57 bits per heavy atom. The number of hydrogen-bond donors (Lipinski definition) is 1. The minimum Gasteiger partial charge on any atom is -0.456 e. The number of amides is 1. The summed E-state index contributed by atoms with van der Waals surface area (Å²) in [6.45, 7) is 14.5. The average molecular weight is 652 g/mol. The summed E-state index contributed by atoms with van der Waals surface area (Å²) in [5, 5.41) is 4.20. The van der Waals surface area contributed by atoms with Gasteiger partial charge in [0.1, 0.15) is 5.60 Å². The number of rotatable bonds is 7. The van der Waals surface area contributed by atoms with Gasteiger partial charge in [0.25, 0.3) is 5.91 Å². The Hall–Kier alpha value is -4.16. The molecule has 5 aromatic rings. The molecule has 226 valence electrons. The fourth-order valence-electron chi connectivity index (χ4n) is 5.49. The number of aryl methyl sites for hydroxylation is 2. The van der Waals surface area contributed by atoms with Gasteiger partial charge < -0.3 is 14.6 Å². The zero-order chi connectivity index (χ0) is 31.8. The highest BCUT2D eigenvalue weighted by molar-refractivity contribution is 9.10. The van der Waals surface area contributed by atoms with Crippen molar-refractivity contribution in [2.45, 2.75) is 66.7 Å². The van der Waals surface area contributed by atoms with E-state index in [0.717, 1.165) is 54.5 Å². The Balaban J connectivity index is 1.37. The van der Waals surface area contributed by atoms with Gasteiger partial charge in [-0.2, -0.15) is 0 Å². The molecule has 1 heterocycles. The van der Waals surface area contributed by atoms with Gasteiger partial charge in [0, 0.05) is 33.2 Å². The lowest BCUT2D eigenvalue weighted by Crippen LogP contribution is -2.26. The van der Waals surface area contributed by atoms with Gasteiger partial charge in [-0.05, 0) is 113 Å². The van der Waals surface area contributed by atoms with Crippen LogP contribution in [0.25, 0.3) is 22.0 Å². The lowest BCUT2D eigenvalue weighted by molar-refractivity contribution is 0.00702. The van der Waals surface area contributed by atoms with E-state index < -0.39 is 5.60 Å². The molecular formula is C38H39BrN2O3. The summed E-state index contributed by atoms with van der Waals surface area (Å²) in [7, 11) is 0. The van der Waals surface area contributed by atoms with E-state index in [4.69, 9.17) is 4.74 Å². The molecule has 0 fully saturated rings. The highest BCUT2D eigenvalue weighted by Gasteiger charge is 2.21. The number of nitrogens with zero attached hydrogens (tertiary/aromatic N) is 1. The minimum absolute atomic E-state index is 0.0930. The highest BCUT2D eigenvalue weighted by atomic mass is 79.9. The van der Waals surface area contributed by atoms with Gasteiger partial charge in [0.05, 0.1) is 11.6 Å². The van der Waals surface area contributed by atoms with Gasteiger partial charge in [0.15, 0.2) is 0 Å². The van der Waals surface area contributed by atoms with Crippen molar-refractivity contribution in [1.29, 1.82) is 0 Å². The van der Waals surface area contributed by atoms with E-state index in [0.29, 0.717) is 17.7 Å². The third-order valence-electron chi connectivity index (χ3n) is 8.02. The number of aromatic nitrogens is 1. The number of benzene rings is 4. The molecule has 0 aliphatic rings. The van der Waals surface area contributed by atoms with Crippen LogP contribution in [-0.4, -0.2) is 22.0 Å². The molecule has 1 aromatic heterocycles. The second-order valence-corrected chi connectivity index (χ2v) is 13.4. The molecule has 0 unspecified atom stereocenters. The molecule has 1 N–H and O–H groups in total. The Bertz CT molecular complexity index is 1850. The topological polar surface area (TPSA) is 60.3 Å². The van der Waals surface area contributed by atoms with Crippen LogP contribution in [-0.2, 0) is 11.3 Å². The van der Waals surface area contributed by atoms with Crippen LogP contribution >= 0.6 is 15.9 Å². The molecule has 0 bridgehead atoms. The van der Waals surface area contributed by atoms with Crippen molar-refractivity contribution in [3.8, 4) is 11.1 Å². The normalized spacial score (nSPS) is 12.3. The summed E-state index contributed by atoms with van der Waals surface area (Å²) < 4.78 is 9.00. The maximum absolute atomic E-state index is 13.2. The van der Waals surface area contributed by atoms with Crippen molar-refractivity contribution < 1.29 is 14.3 Å². The van der Waals surface area contributed by atoms with Crippen molar-refractivity contribution in [3.05, 3.63) is 128 Å². The first-order chi connectivity index (χ1) is 20.8. The molecule has 0 saturated heterocycles. The SMILES string of the molecule is Cc1ccc(-c2ccc(Cn3c(C)c(C)c4cc(C(=O)N[C@H](C)c5ccc(Br)cc5)ccc43)cc2)c(C(=O)OC(C)(C)C)c1. The first-order valence-electron chi connectivity index (χ1n) is 14.9. The van der Waals surface area contributed by atoms with E-state index in [1.807, 2.05) is 95.3 Å². The number of halogens is 1. The van der Waals surface area contributed by atoms with E-state index in [1.54, 1.807) is 0 Å². The Morgan fingerprint density at radius 3 is 2.23 bits per heavy atom. The van der Waals surface area contributed by atoms with Gasteiger partial charge in [-0.3, -0.25) is 4.79 Å². The average Bonchev–Trinajstić information content (AvgIpc) is 3.21. The lowest BCUT2D eigenvalue weighted by atomic mass is 9.96. The molecule has 1 atom stereocenters. The number of carbonyl (C=O) groups is 2. The summed E-state index contributed by atoms with van der Waals surface area (Å²) in [6.07, 6.45) is 0. The zero-order valence-electron chi connectivity index (χ0n) is 26.4. The fraction of sp³-hybridized carbons (Fsp3) is 0.263. The molecule has 5 nitrogen and oxygen atoms in total. The monoisotopic (exact) mass is 650 g/mol. The molecule has 0 radical (unpaired) electrons. The molecular weight excluding hydrogens is 612 g/mol. The number of carbonyl (C=O) groups excluding carboxylic acids is 2. The highest BCUT2D eigenvalue weighted by Crippen LogP contribution is 2.30. The first kappa shape index (κ1) is 31.3. The molecule has 0 spiro atoms. The number of fused-ring (bicyclic) bond motifs is 1. The molecule has 6 heteroatoms. The molecule has 0 saturated carbocycles. The largest absolute Gasteiger partial charge is 0.456 e. The molecule has 44 heavy (non-hydrogen) atoms. The summed E-state index contributed by atoms with van der Waals surface area (Å²) >= 11 is 3.47. The Morgan fingerprint density at radius 1 is 0.886 bits per heavy atom. The smallest absolute Gasteiger partial charge is 0.339 e. The van der Waals surface area contributed by atoms with Crippen LogP contribution < -0.4 is 5.32 Å². The fourth-order valence-corrected chi connectivity index (χ4v) is 5.76. The standard InChI is InChI=1S/C38H39BrN2O3/c1-23-8-18-32(34(20-23)37(43)44-38(5,6)7)29-11-9-27(10-12-29)22-41-26(4)24(2)33-21-30(15-19-35(33)41)36(42)40-25(3)28-13-16-31(39)17-14-28/h8-21,25H,22H2,1-7H3,(H,40,42)/t25-/m1/s1. The Labute approximate surface area is 268 Å². The minimum atomic E-state index is -0.569. The van der Waals surface area contributed by atoms with Gasteiger partial charge in [-0.1, -0.05) is 70.0 Å². The lowest BCUT2D eigenvalue weighted by Gasteiger charge is -2.21. The van der Waals surface area contributed by atoms with Gasteiger partial charge in [0.2, 0.25) is 0 Å². The molecule has 4 aromatic carbocycles. The van der Waals surface area contributed by atoms with E-state index in [-0.39, 0.29) is 17.9 Å². The molecule has 1 amide bonds. The van der Waals surface area contributed by atoms with E-state index in [1.165, 1.54) is 0 Å².